The van der Waals surface area contributed by atoms with Crippen LogP contribution in [-0.4, -0.2) is 21.0 Å². The lowest BCUT2D eigenvalue weighted by Crippen LogP contribution is -2.08. The van der Waals surface area contributed by atoms with Gasteiger partial charge in [0.15, 0.2) is 0 Å². The summed E-state index contributed by atoms with van der Waals surface area (Å²) in [7, 11) is 0. The zero-order valence-corrected chi connectivity index (χ0v) is 9.44. The minimum absolute atomic E-state index is 0.0108. The van der Waals surface area contributed by atoms with E-state index in [0.29, 0.717) is 11.6 Å². The van der Waals surface area contributed by atoms with Gasteiger partial charge in [-0.15, -0.1) is 0 Å². The molecule has 0 atom stereocenters. The fraction of sp³-hybridized carbons (Fsp3) is 0.583. The molecule has 1 aliphatic rings. The zero-order chi connectivity index (χ0) is 11.5. The van der Waals surface area contributed by atoms with Crippen molar-refractivity contribution in [1.82, 2.24) is 9.97 Å². The van der Waals surface area contributed by atoms with Gasteiger partial charge in [0.25, 0.3) is 0 Å². The van der Waals surface area contributed by atoms with E-state index >= 15 is 0 Å². The monoisotopic (exact) mass is 220 g/mol. The van der Waals surface area contributed by atoms with E-state index in [1.165, 1.54) is 12.8 Å². The first kappa shape index (κ1) is 11.0. The smallest absolute Gasteiger partial charge is 0.309 e. The van der Waals surface area contributed by atoms with Gasteiger partial charge in [0.2, 0.25) is 0 Å². The molecule has 16 heavy (non-hydrogen) atoms. The number of carbonyl (C=O) groups is 1. The van der Waals surface area contributed by atoms with Crippen molar-refractivity contribution in [3.05, 3.63) is 23.3 Å². The molecule has 4 nitrogen and oxygen atoms in total. The number of aryl methyl sites for hydroxylation is 1. The first-order valence-corrected chi connectivity index (χ1v) is 5.71. The van der Waals surface area contributed by atoms with Crippen molar-refractivity contribution in [2.24, 2.45) is 0 Å². The van der Waals surface area contributed by atoms with E-state index in [-0.39, 0.29) is 6.42 Å². The van der Waals surface area contributed by atoms with Crippen LogP contribution in [0.25, 0.3) is 0 Å². The Kier molecular flexibility index (Phi) is 3.17. The summed E-state index contributed by atoms with van der Waals surface area (Å²) in [5, 5.41) is 8.75. The molecule has 0 saturated heterocycles. The Hall–Kier alpha value is -1.45. The molecular weight excluding hydrogens is 204 g/mol. The van der Waals surface area contributed by atoms with E-state index < -0.39 is 5.97 Å². The number of carboxylic acid groups (broad SMARTS) is 1. The van der Waals surface area contributed by atoms with Crippen LogP contribution in [-0.2, 0) is 11.2 Å². The number of aliphatic carboxylic acids is 1. The molecule has 0 amide bonds. The Balaban J connectivity index is 2.24. The Bertz CT molecular complexity index is 398. The lowest BCUT2D eigenvalue weighted by atomic mass is 10.1. The van der Waals surface area contributed by atoms with Crippen LogP contribution in [0.1, 0.15) is 48.8 Å². The van der Waals surface area contributed by atoms with Gasteiger partial charge in [-0.2, -0.15) is 0 Å². The maximum atomic E-state index is 10.7. The predicted octanol–water partition coefficient (Wildman–Crippen LogP) is 2.07. The third kappa shape index (κ3) is 2.56. The van der Waals surface area contributed by atoms with Gasteiger partial charge >= 0.3 is 5.97 Å². The molecule has 0 spiro atoms. The number of carboxylic acids is 1. The molecule has 1 aliphatic carbocycles. The third-order valence-corrected chi connectivity index (χ3v) is 2.98. The van der Waals surface area contributed by atoms with Crippen molar-refractivity contribution >= 4 is 5.97 Å². The van der Waals surface area contributed by atoms with E-state index in [9.17, 15) is 4.79 Å². The highest BCUT2D eigenvalue weighted by molar-refractivity contribution is 5.69. The number of rotatable bonds is 3. The molecule has 86 valence electrons. The van der Waals surface area contributed by atoms with Crippen molar-refractivity contribution in [2.45, 2.75) is 44.9 Å². The van der Waals surface area contributed by atoms with E-state index in [4.69, 9.17) is 5.11 Å². The standard InChI is InChI=1S/C12H16N2O2/c1-8-6-10(7-11(15)16)14-12(13-8)9-4-2-3-5-9/h6,9H,2-5,7H2,1H3,(H,15,16). The summed E-state index contributed by atoms with van der Waals surface area (Å²) in [5.41, 5.74) is 1.50. The van der Waals surface area contributed by atoms with Crippen molar-refractivity contribution < 1.29 is 9.90 Å². The first-order chi connectivity index (χ1) is 7.65. The van der Waals surface area contributed by atoms with Crippen LogP contribution in [0, 0.1) is 6.92 Å². The van der Waals surface area contributed by atoms with Crippen molar-refractivity contribution in [3.63, 3.8) is 0 Å². The molecular formula is C12H16N2O2. The van der Waals surface area contributed by atoms with Crippen LogP contribution in [0.15, 0.2) is 6.07 Å². The van der Waals surface area contributed by atoms with E-state index in [0.717, 1.165) is 24.4 Å². The van der Waals surface area contributed by atoms with Gasteiger partial charge < -0.3 is 5.11 Å². The van der Waals surface area contributed by atoms with Gasteiger partial charge in [-0.3, -0.25) is 4.79 Å². The molecule has 0 aliphatic heterocycles. The molecule has 1 N–H and O–H groups in total. The van der Waals surface area contributed by atoms with Crippen LogP contribution >= 0.6 is 0 Å². The predicted molar refractivity (Wildman–Crippen MR) is 59.3 cm³/mol. The van der Waals surface area contributed by atoms with E-state index in [2.05, 4.69) is 9.97 Å². The van der Waals surface area contributed by atoms with Gasteiger partial charge in [0.05, 0.1) is 12.1 Å². The van der Waals surface area contributed by atoms with Crippen LogP contribution in [0.4, 0.5) is 0 Å². The third-order valence-electron chi connectivity index (χ3n) is 2.98. The molecule has 4 heteroatoms. The first-order valence-electron chi connectivity index (χ1n) is 5.71. The Morgan fingerprint density at radius 2 is 2.12 bits per heavy atom. The zero-order valence-electron chi connectivity index (χ0n) is 9.44. The minimum Gasteiger partial charge on any atom is -0.481 e. The molecule has 1 aromatic rings. The molecule has 0 unspecified atom stereocenters. The average molecular weight is 220 g/mol. The van der Waals surface area contributed by atoms with Crippen molar-refractivity contribution in [3.8, 4) is 0 Å². The fourth-order valence-electron chi connectivity index (χ4n) is 2.27. The molecule has 1 saturated carbocycles. The van der Waals surface area contributed by atoms with Gasteiger partial charge in [0.1, 0.15) is 5.82 Å². The summed E-state index contributed by atoms with van der Waals surface area (Å²) in [5.74, 6) is 0.441. The maximum absolute atomic E-state index is 10.7. The Morgan fingerprint density at radius 3 is 2.75 bits per heavy atom. The van der Waals surface area contributed by atoms with Crippen LogP contribution in [0.2, 0.25) is 0 Å². The summed E-state index contributed by atoms with van der Waals surface area (Å²) in [6, 6.07) is 1.76. The highest BCUT2D eigenvalue weighted by Crippen LogP contribution is 2.32. The number of aromatic nitrogens is 2. The summed E-state index contributed by atoms with van der Waals surface area (Å²) in [6.45, 7) is 1.89. The molecule has 0 bridgehead atoms. The summed E-state index contributed by atoms with van der Waals surface area (Å²) < 4.78 is 0. The van der Waals surface area contributed by atoms with E-state index in [1.54, 1.807) is 6.07 Å². The fourth-order valence-corrected chi connectivity index (χ4v) is 2.27. The number of hydrogen-bond acceptors (Lipinski definition) is 3. The minimum atomic E-state index is -0.838. The Labute approximate surface area is 94.7 Å². The highest BCUT2D eigenvalue weighted by atomic mass is 16.4. The van der Waals surface area contributed by atoms with Gasteiger partial charge in [-0.1, -0.05) is 12.8 Å². The van der Waals surface area contributed by atoms with Crippen molar-refractivity contribution in [2.75, 3.05) is 0 Å². The largest absolute Gasteiger partial charge is 0.481 e. The molecule has 0 aromatic carbocycles. The summed E-state index contributed by atoms with van der Waals surface area (Å²) in [6.07, 6.45) is 4.72. The second-order valence-electron chi connectivity index (χ2n) is 4.41. The molecule has 2 rings (SSSR count). The van der Waals surface area contributed by atoms with Crippen LogP contribution < -0.4 is 0 Å². The normalized spacial score (nSPS) is 16.6. The maximum Gasteiger partial charge on any atom is 0.309 e. The quantitative estimate of drug-likeness (QED) is 0.847. The lowest BCUT2D eigenvalue weighted by Gasteiger charge is -2.09. The lowest BCUT2D eigenvalue weighted by molar-refractivity contribution is -0.136. The SMILES string of the molecule is Cc1cc(CC(=O)O)nc(C2CCCC2)n1. The molecule has 1 heterocycles. The average Bonchev–Trinajstić information content (AvgIpc) is 2.67. The summed E-state index contributed by atoms with van der Waals surface area (Å²) >= 11 is 0. The molecule has 0 radical (unpaired) electrons. The highest BCUT2D eigenvalue weighted by Gasteiger charge is 2.20. The second kappa shape index (κ2) is 4.60. The van der Waals surface area contributed by atoms with E-state index in [1.807, 2.05) is 6.92 Å². The van der Waals surface area contributed by atoms with Gasteiger partial charge in [-0.05, 0) is 25.8 Å². The number of hydrogen-bond donors (Lipinski definition) is 1. The van der Waals surface area contributed by atoms with Crippen LogP contribution in [0.3, 0.4) is 0 Å². The summed E-state index contributed by atoms with van der Waals surface area (Å²) in [4.78, 5) is 19.4. The molecule has 1 fully saturated rings. The topological polar surface area (TPSA) is 63.1 Å². The molecule has 1 aromatic heterocycles. The van der Waals surface area contributed by atoms with Gasteiger partial charge in [0, 0.05) is 11.6 Å². The second-order valence-corrected chi connectivity index (χ2v) is 4.41. The van der Waals surface area contributed by atoms with Gasteiger partial charge in [-0.25, -0.2) is 9.97 Å². The van der Waals surface area contributed by atoms with Crippen LogP contribution in [0.5, 0.6) is 0 Å². The van der Waals surface area contributed by atoms with Crippen molar-refractivity contribution in [1.29, 1.82) is 0 Å². The number of nitrogens with zero attached hydrogens (tertiary/aromatic N) is 2. The Morgan fingerprint density at radius 1 is 1.44 bits per heavy atom.